The van der Waals surface area contributed by atoms with Gasteiger partial charge in [0.2, 0.25) is 0 Å². The Morgan fingerprint density at radius 3 is 2.77 bits per heavy atom. The Morgan fingerprint density at radius 1 is 1.23 bits per heavy atom. The highest BCUT2D eigenvalue weighted by Crippen LogP contribution is 2.26. The molecule has 0 unspecified atom stereocenters. The Labute approximate surface area is 150 Å². The van der Waals surface area contributed by atoms with E-state index in [2.05, 4.69) is 5.32 Å². The van der Waals surface area contributed by atoms with Gasteiger partial charge in [-0.2, -0.15) is 0 Å². The number of amides is 1. The summed E-state index contributed by atoms with van der Waals surface area (Å²) in [7, 11) is 1.49. The number of ether oxygens (including phenoxy) is 1. The SMILES string of the molecule is COc1ccc(O)c(C(=O)N2CCC[C@@H](Nc3ccc(F)c(F)c3)C2)c1. The first-order valence-electron chi connectivity index (χ1n) is 8.36. The molecule has 5 nitrogen and oxygen atoms in total. The summed E-state index contributed by atoms with van der Waals surface area (Å²) in [6.07, 6.45) is 1.56. The largest absolute Gasteiger partial charge is 0.507 e. The maximum Gasteiger partial charge on any atom is 0.257 e. The van der Waals surface area contributed by atoms with E-state index in [1.807, 2.05) is 0 Å². The molecule has 26 heavy (non-hydrogen) atoms. The third-order valence-electron chi connectivity index (χ3n) is 4.43. The average molecular weight is 362 g/mol. The normalized spacial score (nSPS) is 17.0. The molecular weight excluding hydrogens is 342 g/mol. The van der Waals surface area contributed by atoms with Crippen LogP contribution in [0.15, 0.2) is 36.4 Å². The smallest absolute Gasteiger partial charge is 0.257 e. The third kappa shape index (κ3) is 3.87. The van der Waals surface area contributed by atoms with Gasteiger partial charge in [0.1, 0.15) is 11.5 Å². The van der Waals surface area contributed by atoms with Crippen LogP contribution in [0.25, 0.3) is 0 Å². The minimum atomic E-state index is -0.917. The van der Waals surface area contributed by atoms with Crippen LogP contribution in [0.5, 0.6) is 11.5 Å². The molecule has 0 saturated carbocycles. The molecule has 1 amide bonds. The molecule has 1 fully saturated rings. The van der Waals surface area contributed by atoms with Crippen LogP contribution >= 0.6 is 0 Å². The number of nitrogens with one attached hydrogen (secondary N) is 1. The molecule has 2 N–H and O–H groups in total. The lowest BCUT2D eigenvalue weighted by molar-refractivity contribution is 0.0711. The standard InChI is InChI=1S/C19H20F2N2O3/c1-26-14-5-7-18(24)15(10-14)19(25)23-8-2-3-13(11-23)22-12-4-6-16(20)17(21)9-12/h4-7,9-10,13,22,24H,2-3,8,11H2,1H3/t13-/m1/s1. The molecule has 1 heterocycles. The molecule has 0 spiro atoms. The van der Waals surface area contributed by atoms with E-state index in [1.54, 1.807) is 11.0 Å². The maximum atomic E-state index is 13.4. The fourth-order valence-corrected chi connectivity index (χ4v) is 3.08. The van der Waals surface area contributed by atoms with Crippen molar-refractivity contribution in [3.8, 4) is 11.5 Å². The number of rotatable bonds is 4. The summed E-state index contributed by atoms with van der Waals surface area (Å²) in [5.41, 5.74) is 0.644. The number of phenolic OH excluding ortho intramolecular Hbond substituents is 1. The van der Waals surface area contributed by atoms with Crippen molar-refractivity contribution < 1.29 is 23.4 Å². The molecule has 2 aromatic rings. The van der Waals surface area contributed by atoms with E-state index in [0.29, 0.717) is 24.5 Å². The van der Waals surface area contributed by atoms with Gasteiger partial charge in [-0.1, -0.05) is 0 Å². The number of halogens is 2. The summed E-state index contributed by atoms with van der Waals surface area (Å²) in [4.78, 5) is 14.4. The van der Waals surface area contributed by atoms with Crippen molar-refractivity contribution in [3.05, 3.63) is 53.6 Å². The highest BCUT2D eigenvalue weighted by Gasteiger charge is 2.26. The molecular formula is C19H20F2N2O3. The Kier molecular flexibility index (Phi) is 5.25. The van der Waals surface area contributed by atoms with Crippen LogP contribution in [0.1, 0.15) is 23.2 Å². The molecule has 0 aliphatic carbocycles. The number of carbonyl (C=O) groups excluding carboxylic acids is 1. The zero-order valence-electron chi connectivity index (χ0n) is 14.3. The topological polar surface area (TPSA) is 61.8 Å². The second kappa shape index (κ2) is 7.59. The quantitative estimate of drug-likeness (QED) is 0.875. The molecule has 1 atom stereocenters. The van der Waals surface area contributed by atoms with Gasteiger partial charge in [0, 0.05) is 30.9 Å². The fraction of sp³-hybridized carbons (Fsp3) is 0.316. The number of hydrogen-bond donors (Lipinski definition) is 2. The number of anilines is 1. The van der Waals surface area contributed by atoms with Crippen molar-refractivity contribution in [2.75, 3.05) is 25.5 Å². The first-order valence-corrected chi connectivity index (χ1v) is 8.36. The number of hydrogen-bond acceptors (Lipinski definition) is 4. The minimum Gasteiger partial charge on any atom is -0.507 e. The molecule has 7 heteroatoms. The summed E-state index contributed by atoms with van der Waals surface area (Å²) in [5, 5.41) is 13.1. The number of benzene rings is 2. The van der Waals surface area contributed by atoms with Gasteiger partial charge in [-0.05, 0) is 43.2 Å². The van der Waals surface area contributed by atoms with E-state index in [4.69, 9.17) is 4.74 Å². The van der Waals surface area contributed by atoms with Crippen molar-refractivity contribution in [2.45, 2.75) is 18.9 Å². The first-order chi connectivity index (χ1) is 12.5. The van der Waals surface area contributed by atoms with Crippen molar-refractivity contribution in [2.24, 2.45) is 0 Å². The van der Waals surface area contributed by atoms with Crippen LogP contribution < -0.4 is 10.1 Å². The zero-order chi connectivity index (χ0) is 18.7. The molecule has 0 bridgehead atoms. The number of aromatic hydroxyl groups is 1. The number of methoxy groups -OCH3 is 1. The van der Waals surface area contributed by atoms with Gasteiger partial charge in [0.05, 0.1) is 12.7 Å². The average Bonchev–Trinajstić information content (AvgIpc) is 2.65. The van der Waals surface area contributed by atoms with E-state index >= 15 is 0 Å². The highest BCUT2D eigenvalue weighted by molar-refractivity contribution is 5.97. The highest BCUT2D eigenvalue weighted by atomic mass is 19.2. The van der Waals surface area contributed by atoms with Crippen LogP contribution in [0, 0.1) is 11.6 Å². The number of piperidine rings is 1. The summed E-state index contributed by atoms with van der Waals surface area (Å²) < 4.78 is 31.5. The Morgan fingerprint density at radius 2 is 2.04 bits per heavy atom. The van der Waals surface area contributed by atoms with E-state index in [9.17, 15) is 18.7 Å². The van der Waals surface area contributed by atoms with Crippen molar-refractivity contribution in [1.29, 1.82) is 0 Å². The molecule has 3 rings (SSSR count). The van der Waals surface area contributed by atoms with Gasteiger partial charge < -0.3 is 20.1 Å². The van der Waals surface area contributed by atoms with E-state index in [0.717, 1.165) is 25.0 Å². The lowest BCUT2D eigenvalue weighted by Crippen LogP contribution is -2.45. The lowest BCUT2D eigenvalue weighted by atomic mass is 10.0. The molecule has 138 valence electrons. The number of phenols is 1. The van der Waals surface area contributed by atoms with Crippen LogP contribution in [-0.4, -0.2) is 42.2 Å². The lowest BCUT2D eigenvalue weighted by Gasteiger charge is -2.34. The van der Waals surface area contributed by atoms with Gasteiger partial charge in [0.25, 0.3) is 5.91 Å². The van der Waals surface area contributed by atoms with Crippen LogP contribution in [0.2, 0.25) is 0 Å². The molecule has 1 aliphatic rings. The summed E-state index contributed by atoms with van der Waals surface area (Å²) in [6, 6.07) is 8.05. The van der Waals surface area contributed by atoms with Gasteiger partial charge in [-0.15, -0.1) is 0 Å². The Bertz CT molecular complexity index is 813. The van der Waals surface area contributed by atoms with Crippen molar-refractivity contribution in [3.63, 3.8) is 0 Å². The number of likely N-dealkylation sites (tertiary alicyclic amines) is 1. The Hall–Kier alpha value is -2.83. The maximum absolute atomic E-state index is 13.4. The molecule has 0 radical (unpaired) electrons. The monoisotopic (exact) mass is 362 g/mol. The van der Waals surface area contributed by atoms with E-state index in [1.165, 1.54) is 25.3 Å². The molecule has 1 aliphatic heterocycles. The van der Waals surface area contributed by atoms with E-state index < -0.39 is 11.6 Å². The van der Waals surface area contributed by atoms with Crippen LogP contribution in [0.3, 0.4) is 0 Å². The summed E-state index contributed by atoms with van der Waals surface area (Å²) >= 11 is 0. The van der Waals surface area contributed by atoms with Gasteiger partial charge in [0.15, 0.2) is 11.6 Å². The second-order valence-electron chi connectivity index (χ2n) is 6.25. The van der Waals surface area contributed by atoms with Gasteiger partial charge in [-0.25, -0.2) is 8.78 Å². The zero-order valence-corrected chi connectivity index (χ0v) is 14.3. The predicted molar refractivity (Wildman–Crippen MR) is 93.6 cm³/mol. The van der Waals surface area contributed by atoms with Crippen LogP contribution in [0.4, 0.5) is 14.5 Å². The number of carbonyl (C=O) groups is 1. The summed E-state index contributed by atoms with van der Waals surface area (Å²) in [6.45, 7) is 0.958. The van der Waals surface area contributed by atoms with Gasteiger partial charge in [-0.3, -0.25) is 4.79 Å². The Balaban J connectivity index is 1.71. The molecule has 2 aromatic carbocycles. The van der Waals surface area contributed by atoms with Crippen molar-refractivity contribution >= 4 is 11.6 Å². The predicted octanol–water partition coefficient (Wildman–Crippen LogP) is 3.40. The van der Waals surface area contributed by atoms with Gasteiger partial charge >= 0.3 is 0 Å². The minimum absolute atomic E-state index is 0.0923. The van der Waals surface area contributed by atoms with Crippen molar-refractivity contribution in [1.82, 2.24) is 4.90 Å². The fourth-order valence-electron chi connectivity index (χ4n) is 3.08. The van der Waals surface area contributed by atoms with Crippen LogP contribution in [-0.2, 0) is 0 Å². The molecule has 1 saturated heterocycles. The first kappa shape index (κ1) is 18.0. The van der Waals surface area contributed by atoms with E-state index in [-0.39, 0.29) is 23.3 Å². The second-order valence-corrected chi connectivity index (χ2v) is 6.25. The number of nitrogens with zero attached hydrogens (tertiary/aromatic N) is 1. The molecule has 0 aromatic heterocycles. The third-order valence-corrected chi connectivity index (χ3v) is 4.43. The summed E-state index contributed by atoms with van der Waals surface area (Å²) in [5.74, 6) is -1.73.